The largest absolute Gasteiger partial charge is 0.468 e. The molecular formula is C18H25N5O6. The molecule has 0 aliphatic rings. The van der Waals surface area contributed by atoms with Crippen LogP contribution in [0.3, 0.4) is 0 Å². The van der Waals surface area contributed by atoms with Crippen LogP contribution in [0, 0.1) is 0 Å². The summed E-state index contributed by atoms with van der Waals surface area (Å²) in [6.07, 6.45) is 0.528. The number of nitrogens with zero attached hydrogens (tertiary/aromatic N) is 5. The van der Waals surface area contributed by atoms with Crippen LogP contribution in [0.25, 0.3) is 11.2 Å². The Bertz CT molecular complexity index is 897. The summed E-state index contributed by atoms with van der Waals surface area (Å²) >= 11 is 0. The number of methoxy groups -OCH3 is 1. The zero-order valence-corrected chi connectivity index (χ0v) is 17.5. The number of imide groups is 1. The molecule has 2 rings (SSSR count). The van der Waals surface area contributed by atoms with Gasteiger partial charge in [0.25, 0.3) is 0 Å². The van der Waals surface area contributed by atoms with Gasteiger partial charge in [0.1, 0.15) is 24.1 Å². The predicted molar refractivity (Wildman–Crippen MR) is 102 cm³/mol. The van der Waals surface area contributed by atoms with Crippen molar-refractivity contribution in [3.8, 4) is 0 Å². The quantitative estimate of drug-likeness (QED) is 0.557. The number of hydrogen-bond donors (Lipinski definition) is 0. The molecule has 0 saturated heterocycles. The molecule has 0 radical (unpaired) electrons. The van der Waals surface area contributed by atoms with Crippen LogP contribution in [0.1, 0.15) is 41.5 Å². The van der Waals surface area contributed by atoms with E-state index in [0.717, 1.165) is 6.33 Å². The van der Waals surface area contributed by atoms with Gasteiger partial charge in [-0.1, -0.05) is 0 Å². The molecule has 11 heteroatoms. The summed E-state index contributed by atoms with van der Waals surface area (Å²) < 4.78 is 16.7. The highest BCUT2D eigenvalue weighted by molar-refractivity contribution is 6.12. The zero-order valence-electron chi connectivity index (χ0n) is 17.5. The van der Waals surface area contributed by atoms with Crippen LogP contribution in [0.4, 0.5) is 15.4 Å². The summed E-state index contributed by atoms with van der Waals surface area (Å²) in [7, 11) is 1.26. The molecule has 0 aromatic carbocycles. The van der Waals surface area contributed by atoms with Crippen LogP contribution in [-0.4, -0.2) is 56.0 Å². The van der Waals surface area contributed by atoms with Crippen LogP contribution in [-0.2, 0) is 25.5 Å². The van der Waals surface area contributed by atoms with Crippen molar-refractivity contribution in [2.24, 2.45) is 0 Å². The lowest BCUT2D eigenvalue weighted by molar-refractivity contribution is -0.141. The first-order valence-corrected chi connectivity index (χ1v) is 8.81. The zero-order chi connectivity index (χ0) is 22.0. The molecule has 0 bridgehead atoms. The number of amides is 2. The average molecular weight is 407 g/mol. The second kappa shape index (κ2) is 8.02. The van der Waals surface area contributed by atoms with Gasteiger partial charge in [-0.15, -0.1) is 0 Å². The highest BCUT2D eigenvalue weighted by atomic mass is 16.6. The third-order valence-corrected chi connectivity index (χ3v) is 3.27. The van der Waals surface area contributed by atoms with Crippen molar-refractivity contribution in [1.29, 1.82) is 0 Å². The van der Waals surface area contributed by atoms with Crippen molar-refractivity contribution in [3.05, 3.63) is 12.7 Å². The molecule has 0 saturated carbocycles. The minimum Gasteiger partial charge on any atom is -0.468 e. The van der Waals surface area contributed by atoms with Crippen LogP contribution in [0.2, 0.25) is 0 Å². The molecule has 0 atom stereocenters. The topological polar surface area (TPSA) is 126 Å². The van der Waals surface area contributed by atoms with Gasteiger partial charge in [-0.2, -0.15) is 4.90 Å². The fourth-order valence-electron chi connectivity index (χ4n) is 2.21. The summed E-state index contributed by atoms with van der Waals surface area (Å²) in [5.41, 5.74) is -1.38. The number of carbonyl (C=O) groups excluding carboxylic acids is 3. The maximum Gasteiger partial charge on any atom is 0.425 e. The van der Waals surface area contributed by atoms with Crippen molar-refractivity contribution in [1.82, 2.24) is 19.5 Å². The molecule has 2 aromatic rings. The van der Waals surface area contributed by atoms with E-state index in [1.54, 1.807) is 41.5 Å². The Kier molecular flexibility index (Phi) is 6.10. The summed E-state index contributed by atoms with van der Waals surface area (Å²) in [4.78, 5) is 50.1. The molecule has 0 fully saturated rings. The van der Waals surface area contributed by atoms with E-state index in [2.05, 4.69) is 19.7 Å². The fourth-order valence-corrected chi connectivity index (χ4v) is 2.21. The Morgan fingerprint density at radius 3 is 2.00 bits per heavy atom. The van der Waals surface area contributed by atoms with Crippen LogP contribution < -0.4 is 4.90 Å². The van der Waals surface area contributed by atoms with Gasteiger partial charge >= 0.3 is 18.2 Å². The van der Waals surface area contributed by atoms with Gasteiger partial charge in [-0.05, 0) is 41.5 Å². The SMILES string of the molecule is COC(=O)Cn1cnc2c(N(C(=O)OC(C)(C)C)C(=O)OC(C)(C)C)ncnc21. The fraction of sp³-hybridized carbons (Fsp3) is 0.556. The highest BCUT2D eigenvalue weighted by Crippen LogP contribution is 2.25. The van der Waals surface area contributed by atoms with Crippen LogP contribution in [0.5, 0.6) is 0 Å². The summed E-state index contributed by atoms with van der Waals surface area (Å²) in [6.45, 7) is 9.84. The van der Waals surface area contributed by atoms with Crippen molar-refractivity contribution in [2.45, 2.75) is 59.3 Å². The van der Waals surface area contributed by atoms with Gasteiger partial charge in [-0.25, -0.2) is 24.5 Å². The first-order chi connectivity index (χ1) is 13.3. The van der Waals surface area contributed by atoms with E-state index in [1.165, 1.54) is 18.0 Å². The monoisotopic (exact) mass is 407 g/mol. The Labute approximate surface area is 168 Å². The third-order valence-electron chi connectivity index (χ3n) is 3.27. The van der Waals surface area contributed by atoms with Gasteiger partial charge in [-0.3, -0.25) is 4.79 Å². The number of fused-ring (bicyclic) bond motifs is 1. The number of anilines is 1. The normalized spacial score (nSPS) is 11.8. The maximum atomic E-state index is 12.8. The number of hydrogen-bond acceptors (Lipinski definition) is 9. The van der Waals surface area contributed by atoms with E-state index in [4.69, 9.17) is 9.47 Å². The molecule has 2 aromatic heterocycles. The molecule has 2 amide bonds. The summed E-state index contributed by atoms with van der Waals surface area (Å²) in [5.74, 6) is -0.636. The second-order valence-corrected chi connectivity index (χ2v) is 8.11. The van der Waals surface area contributed by atoms with Crippen molar-refractivity contribution < 1.29 is 28.6 Å². The molecular weight excluding hydrogens is 382 g/mol. The van der Waals surface area contributed by atoms with E-state index >= 15 is 0 Å². The van der Waals surface area contributed by atoms with Gasteiger partial charge in [0, 0.05) is 0 Å². The number of imidazole rings is 1. The molecule has 2 heterocycles. The van der Waals surface area contributed by atoms with E-state index in [-0.39, 0.29) is 23.5 Å². The molecule has 11 nitrogen and oxygen atoms in total. The molecule has 0 aliphatic carbocycles. The number of rotatable bonds is 3. The van der Waals surface area contributed by atoms with Crippen LogP contribution in [0.15, 0.2) is 12.7 Å². The Hall–Kier alpha value is -3.24. The molecule has 0 aliphatic heterocycles. The molecule has 0 spiro atoms. The van der Waals surface area contributed by atoms with E-state index in [0.29, 0.717) is 4.90 Å². The minimum atomic E-state index is -0.978. The number of aromatic nitrogens is 4. The van der Waals surface area contributed by atoms with Gasteiger partial charge < -0.3 is 18.8 Å². The molecule has 0 unspecified atom stereocenters. The number of ether oxygens (including phenoxy) is 3. The highest BCUT2D eigenvalue weighted by Gasteiger charge is 2.35. The van der Waals surface area contributed by atoms with Gasteiger partial charge in [0.2, 0.25) is 0 Å². The Morgan fingerprint density at radius 1 is 0.966 bits per heavy atom. The van der Waals surface area contributed by atoms with E-state index in [1.807, 2.05) is 0 Å². The first-order valence-electron chi connectivity index (χ1n) is 8.81. The van der Waals surface area contributed by atoms with Gasteiger partial charge in [0.15, 0.2) is 17.0 Å². The third kappa shape index (κ3) is 5.62. The van der Waals surface area contributed by atoms with Gasteiger partial charge in [0.05, 0.1) is 13.4 Å². The lowest BCUT2D eigenvalue weighted by Gasteiger charge is -2.28. The molecule has 29 heavy (non-hydrogen) atoms. The Morgan fingerprint density at radius 2 is 1.52 bits per heavy atom. The molecule has 158 valence electrons. The predicted octanol–water partition coefficient (Wildman–Crippen LogP) is 2.68. The smallest absolute Gasteiger partial charge is 0.425 e. The maximum absolute atomic E-state index is 12.8. The van der Waals surface area contributed by atoms with Crippen molar-refractivity contribution in [3.63, 3.8) is 0 Å². The lowest BCUT2D eigenvalue weighted by atomic mass is 10.2. The second-order valence-electron chi connectivity index (χ2n) is 8.11. The van der Waals surface area contributed by atoms with E-state index < -0.39 is 29.4 Å². The standard InChI is InChI=1S/C18H25N5O6/c1-17(2,3)28-15(25)23(16(26)29-18(4,5)6)14-12-13(19-9-20-14)22(10-21-12)8-11(24)27-7/h9-10H,8H2,1-7H3. The minimum absolute atomic E-state index is 0.119. The van der Waals surface area contributed by atoms with Crippen LogP contribution >= 0.6 is 0 Å². The van der Waals surface area contributed by atoms with Crippen molar-refractivity contribution >= 4 is 35.1 Å². The van der Waals surface area contributed by atoms with E-state index in [9.17, 15) is 14.4 Å². The Balaban J connectivity index is 2.55. The average Bonchev–Trinajstić information content (AvgIpc) is 2.95. The summed E-state index contributed by atoms with van der Waals surface area (Å²) in [6, 6.07) is 0. The number of carbonyl (C=O) groups is 3. The van der Waals surface area contributed by atoms with Crippen molar-refractivity contribution in [2.75, 3.05) is 12.0 Å². The summed E-state index contributed by atoms with van der Waals surface area (Å²) in [5, 5.41) is 0. The molecule has 0 N–H and O–H groups in total. The first kappa shape index (κ1) is 22.1. The number of esters is 1. The lowest BCUT2D eigenvalue weighted by Crippen LogP contribution is -2.44.